The van der Waals surface area contributed by atoms with Gasteiger partial charge in [0.05, 0.1) is 4.92 Å². The summed E-state index contributed by atoms with van der Waals surface area (Å²) in [6.07, 6.45) is 0. The summed E-state index contributed by atoms with van der Waals surface area (Å²) < 4.78 is 0. The van der Waals surface area contributed by atoms with Crippen molar-refractivity contribution in [2.45, 2.75) is 0 Å². The summed E-state index contributed by atoms with van der Waals surface area (Å²) >= 11 is 5.53. The zero-order valence-electron chi connectivity index (χ0n) is 6.36. The lowest BCUT2D eigenvalue weighted by atomic mass is 10.2. The number of benzene rings is 1. The first-order valence-electron chi connectivity index (χ1n) is 3.25. The van der Waals surface area contributed by atoms with Crippen molar-refractivity contribution in [3.05, 3.63) is 38.9 Å². The Morgan fingerprint density at radius 1 is 1.46 bits per heavy atom. The highest BCUT2D eigenvalue weighted by atomic mass is 35.5. The zero-order chi connectivity index (χ0) is 10.0. The molecule has 0 saturated carbocycles. The predicted octanol–water partition coefficient (Wildman–Crippen LogP) is 1.35. The molecule has 13 heavy (non-hydrogen) atoms. The Balaban J connectivity index is 3.26. The SMILES string of the molecule is NC(=O)c1cc(Cl)cc([N+](=O)[O-])c1. The lowest BCUT2D eigenvalue weighted by molar-refractivity contribution is -0.384. The molecule has 0 spiro atoms. The Labute approximate surface area is 78.3 Å². The molecule has 0 aliphatic carbocycles. The molecular formula is C7H5ClN2O3. The number of hydrogen-bond donors (Lipinski definition) is 1. The van der Waals surface area contributed by atoms with Gasteiger partial charge >= 0.3 is 0 Å². The molecule has 5 nitrogen and oxygen atoms in total. The average molecular weight is 201 g/mol. The molecule has 0 aliphatic rings. The fraction of sp³-hybridized carbons (Fsp3) is 0. The standard InChI is InChI=1S/C7H5ClN2O3/c8-5-1-4(7(9)11)2-6(3-5)10(12)13/h1-3H,(H2,9,11). The van der Waals surface area contributed by atoms with Crippen LogP contribution in [0.2, 0.25) is 5.02 Å². The van der Waals surface area contributed by atoms with E-state index in [1.54, 1.807) is 0 Å². The Hall–Kier alpha value is -1.62. The second-order valence-electron chi connectivity index (χ2n) is 2.32. The summed E-state index contributed by atoms with van der Waals surface area (Å²) in [5, 5.41) is 10.4. The summed E-state index contributed by atoms with van der Waals surface area (Å²) in [4.78, 5) is 20.4. The minimum atomic E-state index is -0.745. The van der Waals surface area contributed by atoms with Gasteiger partial charge in [0, 0.05) is 22.7 Å². The number of nitrogens with two attached hydrogens (primary N) is 1. The maximum atomic E-state index is 10.7. The van der Waals surface area contributed by atoms with Gasteiger partial charge in [-0.15, -0.1) is 0 Å². The number of non-ortho nitro benzene ring substituents is 1. The molecule has 1 aromatic carbocycles. The van der Waals surface area contributed by atoms with E-state index in [9.17, 15) is 14.9 Å². The second kappa shape index (κ2) is 3.40. The zero-order valence-corrected chi connectivity index (χ0v) is 7.12. The minimum absolute atomic E-state index is 0.0270. The first kappa shape index (κ1) is 9.47. The van der Waals surface area contributed by atoms with Crippen molar-refractivity contribution in [1.29, 1.82) is 0 Å². The Kier molecular flexibility index (Phi) is 2.48. The molecule has 0 aromatic heterocycles. The van der Waals surface area contributed by atoms with Gasteiger partial charge in [0.25, 0.3) is 5.69 Å². The third-order valence-electron chi connectivity index (χ3n) is 1.38. The molecule has 1 aromatic rings. The van der Waals surface area contributed by atoms with Crippen LogP contribution in [0.15, 0.2) is 18.2 Å². The molecule has 0 fully saturated rings. The molecule has 0 aliphatic heterocycles. The molecule has 6 heteroatoms. The van der Waals surface area contributed by atoms with E-state index >= 15 is 0 Å². The minimum Gasteiger partial charge on any atom is -0.366 e. The largest absolute Gasteiger partial charge is 0.366 e. The van der Waals surface area contributed by atoms with Crippen LogP contribution >= 0.6 is 11.6 Å². The maximum Gasteiger partial charge on any atom is 0.271 e. The van der Waals surface area contributed by atoms with Gasteiger partial charge in [0.2, 0.25) is 5.91 Å². The lowest BCUT2D eigenvalue weighted by Gasteiger charge is -1.96. The van der Waals surface area contributed by atoms with Crippen LogP contribution in [-0.2, 0) is 0 Å². The van der Waals surface area contributed by atoms with E-state index in [1.165, 1.54) is 6.07 Å². The van der Waals surface area contributed by atoms with Crippen LogP contribution in [0.5, 0.6) is 0 Å². The molecule has 0 atom stereocenters. The van der Waals surface area contributed by atoms with E-state index in [4.69, 9.17) is 17.3 Å². The van der Waals surface area contributed by atoms with Gasteiger partial charge < -0.3 is 5.73 Å². The molecule has 2 N–H and O–H groups in total. The second-order valence-corrected chi connectivity index (χ2v) is 2.76. The fourth-order valence-corrected chi connectivity index (χ4v) is 1.05. The summed E-state index contributed by atoms with van der Waals surface area (Å²) in [5.74, 6) is -0.745. The number of amides is 1. The van der Waals surface area contributed by atoms with Crippen molar-refractivity contribution >= 4 is 23.2 Å². The van der Waals surface area contributed by atoms with Crippen molar-refractivity contribution in [2.75, 3.05) is 0 Å². The van der Waals surface area contributed by atoms with Crippen LogP contribution in [0.4, 0.5) is 5.69 Å². The monoisotopic (exact) mass is 200 g/mol. The molecule has 1 rings (SSSR count). The first-order valence-corrected chi connectivity index (χ1v) is 3.63. The maximum absolute atomic E-state index is 10.7. The quantitative estimate of drug-likeness (QED) is 0.577. The van der Waals surface area contributed by atoms with Crippen LogP contribution < -0.4 is 5.73 Å². The molecule has 0 unspecified atom stereocenters. The number of nitro benzene ring substituents is 1. The van der Waals surface area contributed by atoms with E-state index in [0.717, 1.165) is 12.1 Å². The van der Waals surface area contributed by atoms with Gasteiger partial charge in [-0.05, 0) is 6.07 Å². The molecular weight excluding hydrogens is 196 g/mol. The Morgan fingerprint density at radius 3 is 2.54 bits per heavy atom. The van der Waals surface area contributed by atoms with Crippen molar-refractivity contribution in [3.8, 4) is 0 Å². The van der Waals surface area contributed by atoms with Gasteiger partial charge in [0.15, 0.2) is 0 Å². The Bertz CT molecular complexity index is 346. The van der Waals surface area contributed by atoms with Crippen molar-refractivity contribution in [1.82, 2.24) is 0 Å². The van der Waals surface area contributed by atoms with Gasteiger partial charge in [-0.1, -0.05) is 11.6 Å². The third-order valence-corrected chi connectivity index (χ3v) is 1.60. The highest BCUT2D eigenvalue weighted by Gasteiger charge is 2.11. The molecule has 0 heterocycles. The average Bonchev–Trinajstić information content (AvgIpc) is 2.03. The van der Waals surface area contributed by atoms with Crippen LogP contribution in [0.3, 0.4) is 0 Å². The fourth-order valence-electron chi connectivity index (χ4n) is 0.822. The molecule has 0 bridgehead atoms. The van der Waals surface area contributed by atoms with Gasteiger partial charge in [0.1, 0.15) is 0 Å². The third kappa shape index (κ3) is 2.16. The normalized spacial score (nSPS) is 9.62. The number of carbonyl (C=O) groups is 1. The molecule has 1 amide bonds. The van der Waals surface area contributed by atoms with Crippen molar-refractivity contribution in [2.24, 2.45) is 5.73 Å². The lowest BCUT2D eigenvalue weighted by Crippen LogP contribution is -2.11. The molecule has 0 saturated heterocycles. The smallest absolute Gasteiger partial charge is 0.271 e. The number of primary amides is 1. The van der Waals surface area contributed by atoms with Gasteiger partial charge in [-0.25, -0.2) is 0 Å². The van der Waals surface area contributed by atoms with E-state index in [2.05, 4.69) is 0 Å². The number of carbonyl (C=O) groups excluding carboxylic acids is 1. The van der Waals surface area contributed by atoms with Gasteiger partial charge in [-0.3, -0.25) is 14.9 Å². The van der Waals surface area contributed by atoms with Crippen LogP contribution in [0.25, 0.3) is 0 Å². The highest BCUT2D eigenvalue weighted by molar-refractivity contribution is 6.31. The van der Waals surface area contributed by atoms with E-state index in [0.29, 0.717) is 0 Å². The number of nitrogens with zero attached hydrogens (tertiary/aromatic N) is 1. The predicted molar refractivity (Wildman–Crippen MR) is 46.6 cm³/mol. The number of hydrogen-bond acceptors (Lipinski definition) is 3. The number of halogens is 1. The summed E-state index contributed by atoms with van der Waals surface area (Å²) in [6, 6.07) is 3.50. The summed E-state index contributed by atoms with van der Waals surface area (Å²) in [5.41, 5.74) is 4.71. The van der Waals surface area contributed by atoms with Crippen LogP contribution in [-0.4, -0.2) is 10.8 Å². The van der Waals surface area contributed by atoms with Crippen LogP contribution in [0.1, 0.15) is 10.4 Å². The summed E-state index contributed by atoms with van der Waals surface area (Å²) in [6.45, 7) is 0. The Morgan fingerprint density at radius 2 is 2.08 bits per heavy atom. The van der Waals surface area contributed by atoms with E-state index in [1.807, 2.05) is 0 Å². The topological polar surface area (TPSA) is 86.2 Å². The first-order chi connectivity index (χ1) is 6.00. The number of nitro groups is 1. The van der Waals surface area contributed by atoms with Crippen molar-refractivity contribution < 1.29 is 9.72 Å². The van der Waals surface area contributed by atoms with E-state index < -0.39 is 10.8 Å². The van der Waals surface area contributed by atoms with Crippen LogP contribution in [0, 0.1) is 10.1 Å². The molecule has 68 valence electrons. The number of rotatable bonds is 2. The van der Waals surface area contributed by atoms with Gasteiger partial charge in [-0.2, -0.15) is 0 Å². The molecule has 0 radical (unpaired) electrons. The highest BCUT2D eigenvalue weighted by Crippen LogP contribution is 2.20. The summed E-state index contributed by atoms with van der Waals surface area (Å²) in [7, 11) is 0. The van der Waals surface area contributed by atoms with Crippen molar-refractivity contribution in [3.63, 3.8) is 0 Å². The van der Waals surface area contributed by atoms with E-state index in [-0.39, 0.29) is 16.3 Å².